The summed E-state index contributed by atoms with van der Waals surface area (Å²) in [4.78, 5) is 20.6. The molecule has 0 aliphatic carbocycles. The van der Waals surface area contributed by atoms with E-state index in [0.29, 0.717) is 19.0 Å². The first-order valence-corrected chi connectivity index (χ1v) is 7.06. The lowest BCUT2D eigenvalue weighted by molar-refractivity contribution is -0.118. The lowest BCUT2D eigenvalue weighted by Gasteiger charge is -2.09. The number of anilines is 2. The molecule has 0 saturated heterocycles. The van der Waals surface area contributed by atoms with Gasteiger partial charge < -0.3 is 16.0 Å². The van der Waals surface area contributed by atoms with Crippen LogP contribution in [0, 0.1) is 0 Å². The van der Waals surface area contributed by atoms with E-state index < -0.39 is 0 Å². The number of aromatic nitrogens is 2. The smallest absolute Gasteiger partial charge is 0.226 e. The molecule has 102 valence electrons. The van der Waals surface area contributed by atoms with Gasteiger partial charge in [0.25, 0.3) is 0 Å². The van der Waals surface area contributed by atoms with Crippen LogP contribution in [0.15, 0.2) is 11.4 Å². The molecule has 0 aliphatic heterocycles. The van der Waals surface area contributed by atoms with Crippen molar-refractivity contribution in [2.24, 2.45) is 0 Å². The minimum atomic E-state index is -0.0292. The van der Waals surface area contributed by atoms with Crippen LogP contribution < -0.4 is 16.0 Å². The number of rotatable bonds is 6. The molecular formula is C12H17N5OS. The molecule has 0 spiro atoms. The van der Waals surface area contributed by atoms with E-state index in [0.717, 1.165) is 22.6 Å². The van der Waals surface area contributed by atoms with Gasteiger partial charge in [-0.1, -0.05) is 0 Å². The molecular weight excluding hydrogens is 262 g/mol. The third-order valence-electron chi connectivity index (χ3n) is 2.45. The fourth-order valence-corrected chi connectivity index (χ4v) is 2.41. The van der Waals surface area contributed by atoms with E-state index in [1.807, 2.05) is 18.4 Å². The Hall–Kier alpha value is -1.89. The van der Waals surface area contributed by atoms with Crippen LogP contribution in [-0.4, -0.2) is 35.5 Å². The molecule has 0 aliphatic rings. The second-order valence-electron chi connectivity index (χ2n) is 3.98. The Morgan fingerprint density at radius 3 is 2.89 bits per heavy atom. The van der Waals surface area contributed by atoms with E-state index in [4.69, 9.17) is 0 Å². The van der Waals surface area contributed by atoms with Gasteiger partial charge in [0, 0.05) is 26.6 Å². The van der Waals surface area contributed by atoms with Crippen LogP contribution in [0.4, 0.5) is 11.8 Å². The highest BCUT2D eigenvalue weighted by molar-refractivity contribution is 7.16. The van der Waals surface area contributed by atoms with Gasteiger partial charge in [0.05, 0.1) is 5.39 Å². The van der Waals surface area contributed by atoms with E-state index in [9.17, 15) is 4.79 Å². The minimum absolute atomic E-state index is 0.0292. The fraction of sp³-hybridized carbons (Fsp3) is 0.417. The quantitative estimate of drug-likeness (QED) is 0.701. The van der Waals surface area contributed by atoms with E-state index >= 15 is 0 Å². The van der Waals surface area contributed by atoms with Gasteiger partial charge in [-0.15, -0.1) is 11.3 Å². The van der Waals surface area contributed by atoms with Crippen molar-refractivity contribution < 1.29 is 4.79 Å². The molecule has 0 aromatic carbocycles. The molecule has 0 saturated carbocycles. The Morgan fingerprint density at radius 2 is 2.16 bits per heavy atom. The first kappa shape index (κ1) is 13.5. The Labute approximate surface area is 115 Å². The van der Waals surface area contributed by atoms with Gasteiger partial charge in [0.1, 0.15) is 10.6 Å². The molecule has 3 N–H and O–H groups in total. The Bertz CT molecular complexity index is 568. The molecule has 0 bridgehead atoms. The van der Waals surface area contributed by atoms with Crippen LogP contribution in [0.25, 0.3) is 10.2 Å². The summed E-state index contributed by atoms with van der Waals surface area (Å²) in [5.41, 5.74) is 0. The number of hydrogen-bond acceptors (Lipinski definition) is 6. The zero-order chi connectivity index (χ0) is 13.7. The molecule has 7 heteroatoms. The predicted octanol–water partition coefficient (Wildman–Crippen LogP) is 1.67. The van der Waals surface area contributed by atoms with Gasteiger partial charge in [0.2, 0.25) is 11.9 Å². The van der Waals surface area contributed by atoms with Gasteiger partial charge in [-0.3, -0.25) is 4.79 Å². The lowest BCUT2D eigenvalue weighted by atomic mass is 10.4. The van der Waals surface area contributed by atoms with E-state index in [1.165, 1.54) is 6.92 Å². The Kier molecular flexibility index (Phi) is 4.51. The van der Waals surface area contributed by atoms with Crippen LogP contribution in [0.3, 0.4) is 0 Å². The number of fused-ring (bicyclic) bond motifs is 1. The number of carbonyl (C=O) groups excluding carboxylic acids is 1. The average molecular weight is 279 g/mol. The summed E-state index contributed by atoms with van der Waals surface area (Å²) in [6.07, 6.45) is 0. The fourth-order valence-electron chi connectivity index (χ4n) is 1.65. The highest BCUT2D eigenvalue weighted by Gasteiger charge is 2.07. The molecule has 0 radical (unpaired) electrons. The maximum atomic E-state index is 10.8. The first-order chi connectivity index (χ1) is 9.20. The van der Waals surface area contributed by atoms with Crippen molar-refractivity contribution in [3.8, 4) is 0 Å². The third-order valence-corrected chi connectivity index (χ3v) is 3.26. The molecule has 1 amide bonds. The molecule has 2 heterocycles. The van der Waals surface area contributed by atoms with Crippen molar-refractivity contribution in [1.29, 1.82) is 0 Å². The summed E-state index contributed by atoms with van der Waals surface area (Å²) >= 11 is 1.58. The van der Waals surface area contributed by atoms with Crippen molar-refractivity contribution >= 4 is 39.2 Å². The second kappa shape index (κ2) is 6.33. The van der Waals surface area contributed by atoms with Crippen LogP contribution in [-0.2, 0) is 4.79 Å². The number of thiophene rings is 1. The maximum absolute atomic E-state index is 10.8. The Morgan fingerprint density at radius 1 is 1.32 bits per heavy atom. The van der Waals surface area contributed by atoms with Gasteiger partial charge >= 0.3 is 0 Å². The van der Waals surface area contributed by atoms with Gasteiger partial charge in [-0.2, -0.15) is 4.98 Å². The van der Waals surface area contributed by atoms with Gasteiger partial charge in [-0.05, 0) is 18.4 Å². The number of nitrogens with one attached hydrogen (secondary N) is 3. The topological polar surface area (TPSA) is 78.9 Å². The number of hydrogen-bond donors (Lipinski definition) is 3. The summed E-state index contributed by atoms with van der Waals surface area (Å²) in [7, 11) is 0. The Balaban J connectivity index is 2.11. The van der Waals surface area contributed by atoms with Gasteiger partial charge in [0.15, 0.2) is 0 Å². The van der Waals surface area contributed by atoms with Crippen molar-refractivity contribution in [3.05, 3.63) is 11.4 Å². The summed E-state index contributed by atoms with van der Waals surface area (Å²) < 4.78 is 0. The summed E-state index contributed by atoms with van der Waals surface area (Å²) in [5, 5.41) is 12.1. The molecule has 0 atom stereocenters. The highest BCUT2D eigenvalue weighted by atomic mass is 32.1. The molecule has 2 rings (SSSR count). The van der Waals surface area contributed by atoms with Crippen molar-refractivity contribution in [3.63, 3.8) is 0 Å². The van der Waals surface area contributed by atoms with Gasteiger partial charge in [-0.25, -0.2) is 4.98 Å². The largest absolute Gasteiger partial charge is 0.368 e. The molecule has 2 aromatic heterocycles. The SMILES string of the molecule is CCNc1nc(NCCNC(C)=O)c2ccsc2n1. The molecule has 6 nitrogen and oxygen atoms in total. The van der Waals surface area contributed by atoms with E-state index in [2.05, 4.69) is 25.9 Å². The lowest BCUT2D eigenvalue weighted by Crippen LogP contribution is -2.26. The monoisotopic (exact) mass is 279 g/mol. The van der Waals surface area contributed by atoms with Crippen molar-refractivity contribution in [2.45, 2.75) is 13.8 Å². The molecule has 19 heavy (non-hydrogen) atoms. The number of nitrogens with zero attached hydrogens (tertiary/aromatic N) is 2. The maximum Gasteiger partial charge on any atom is 0.226 e. The van der Waals surface area contributed by atoms with E-state index in [1.54, 1.807) is 11.3 Å². The molecule has 2 aromatic rings. The van der Waals surface area contributed by atoms with E-state index in [-0.39, 0.29) is 5.91 Å². The first-order valence-electron chi connectivity index (χ1n) is 6.18. The van der Waals surface area contributed by atoms with Crippen LogP contribution in [0.5, 0.6) is 0 Å². The number of amides is 1. The van der Waals surface area contributed by atoms with Crippen LogP contribution in [0.1, 0.15) is 13.8 Å². The van der Waals surface area contributed by atoms with Crippen LogP contribution >= 0.6 is 11.3 Å². The van der Waals surface area contributed by atoms with Crippen molar-refractivity contribution in [1.82, 2.24) is 15.3 Å². The predicted molar refractivity (Wildman–Crippen MR) is 78.8 cm³/mol. The summed E-state index contributed by atoms with van der Waals surface area (Å²) in [6, 6.07) is 2.00. The third kappa shape index (κ3) is 3.54. The molecule has 0 unspecified atom stereocenters. The average Bonchev–Trinajstić information content (AvgIpc) is 2.83. The minimum Gasteiger partial charge on any atom is -0.368 e. The normalized spacial score (nSPS) is 10.4. The highest BCUT2D eigenvalue weighted by Crippen LogP contribution is 2.26. The second-order valence-corrected chi connectivity index (χ2v) is 4.87. The zero-order valence-electron chi connectivity index (χ0n) is 11.0. The molecule has 0 fully saturated rings. The zero-order valence-corrected chi connectivity index (χ0v) is 11.8. The standard InChI is InChI=1S/C12H17N5OS/c1-3-13-12-16-10(15-6-5-14-8(2)18)9-4-7-19-11(9)17-12/h4,7H,3,5-6H2,1-2H3,(H,14,18)(H2,13,15,16,17). The summed E-state index contributed by atoms with van der Waals surface area (Å²) in [6.45, 7) is 5.49. The summed E-state index contributed by atoms with van der Waals surface area (Å²) in [5.74, 6) is 1.39. The number of carbonyl (C=O) groups is 1. The van der Waals surface area contributed by atoms with Crippen molar-refractivity contribution in [2.75, 3.05) is 30.3 Å². The van der Waals surface area contributed by atoms with Crippen LogP contribution in [0.2, 0.25) is 0 Å².